The molecular weight excluding hydrogens is 503 g/mol. The van der Waals surface area contributed by atoms with Crippen LogP contribution in [-0.2, 0) is 17.8 Å². The minimum absolute atomic E-state index is 0.102. The van der Waals surface area contributed by atoms with Gasteiger partial charge in [-0.2, -0.15) is 0 Å². The predicted octanol–water partition coefficient (Wildman–Crippen LogP) is 7.96. The van der Waals surface area contributed by atoms with E-state index in [1.165, 1.54) is 17.3 Å². The fourth-order valence-electron chi connectivity index (χ4n) is 4.23. The van der Waals surface area contributed by atoms with E-state index in [0.717, 1.165) is 34.1 Å². The number of benzene rings is 3. The highest BCUT2D eigenvalue weighted by Gasteiger charge is 2.33. The van der Waals surface area contributed by atoms with Gasteiger partial charge in [0.25, 0.3) is 5.91 Å². The van der Waals surface area contributed by atoms with Gasteiger partial charge in [0.15, 0.2) is 4.32 Å². The van der Waals surface area contributed by atoms with Gasteiger partial charge in [-0.1, -0.05) is 96.6 Å². The Labute approximate surface area is 218 Å². The third kappa shape index (κ3) is 4.29. The molecule has 0 radical (unpaired) electrons. The van der Waals surface area contributed by atoms with Gasteiger partial charge in [0.05, 0.1) is 16.1 Å². The molecule has 0 atom stereocenters. The second kappa shape index (κ2) is 9.59. The molecule has 0 unspecified atom stereocenters. The van der Waals surface area contributed by atoms with Crippen LogP contribution in [0.4, 0.5) is 5.69 Å². The Balaban J connectivity index is 1.59. The van der Waals surface area contributed by atoms with Gasteiger partial charge in [-0.05, 0) is 47.9 Å². The summed E-state index contributed by atoms with van der Waals surface area (Å²) >= 11 is 19.4. The van der Waals surface area contributed by atoms with Crippen molar-refractivity contribution < 1.29 is 4.79 Å². The molecule has 1 aliphatic heterocycles. The fraction of sp³-hybridized carbons (Fsp3) is 0.111. The summed E-state index contributed by atoms with van der Waals surface area (Å²) in [5, 5.41) is 2.34. The average molecular weight is 524 g/mol. The number of aryl methyl sites for hydroxylation is 1. The number of para-hydroxylation sites is 2. The average Bonchev–Trinajstić information content (AvgIpc) is 3.32. The fourth-order valence-corrected chi connectivity index (χ4v) is 5.99. The van der Waals surface area contributed by atoms with Crippen LogP contribution in [0.1, 0.15) is 23.6 Å². The van der Waals surface area contributed by atoms with Crippen LogP contribution in [0.5, 0.6) is 0 Å². The molecule has 4 aromatic rings. The van der Waals surface area contributed by atoms with Gasteiger partial charge < -0.3 is 4.57 Å². The Morgan fingerprint density at radius 1 is 1.00 bits per heavy atom. The molecule has 0 bridgehead atoms. The van der Waals surface area contributed by atoms with Crippen molar-refractivity contribution in [3.8, 4) is 0 Å². The van der Waals surface area contributed by atoms with Crippen LogP contribution in [0.2, 0.25) is 10.0 Å². The zero-order valence-corrected chi connectivity index (χ0v) is 21.4. The molecule has 0 N–H and O–H groups in total. The molecule has 0 aliphatic carbocycles. The molecular formula is C27H20Cl2N2OS2. The summed E-state index contributed by atoms with van der Waals surface area (Å²) in [4.78, 5) is 15.5. The van der Waals surface area contributed by atoms with Crippen molar-refractivity contribution in [3.63, 3.8) is 0 Å². The zero-order chi connectivity index (χ0) is 23.8. The molecule has 0 saturated carbocycles. The second-order valence-corrected chi connectivity index (χ2v) is 10.5. The molecule has 1 aliphatic rings. The van der Waals surface area contributed by atoms with E-state index in [4.69, 9.17) is 35.4 Å². The molecule has 7 heteroatoms. The number of halogens is 2. The van der Waals surface area contributed by atoms with Gasteiger partial charge in [-0.15, -0.1) is 0 Å². The van der Waals surface area contributed by atoms with Gasteiger partial charge in [-0.25, -0.2) is 0 Å². The molecule has 1 amide bonds. The van der Waals surface area contributed by atoms with Gasteiger partial charge in [-0.3, -0.25) is 9.69 Å². The molecule has 1 fully saturated rings. The van der Waals surface area contributed by atoms with Crippen LogP contribution in [0.15, 0.2) is 77.8 Å². The molecule has 1 aromatic heterocycles. The highest BCUT2D eigenvalue weighted by molar-refractivity contribution is 8.27. The highest BCUT2D eigenvalue weighted by atomic mass is 35.5. The van der Waals surface area contributed by atoms with E-state index in [9.17, 15) is 4.79 Å². The van der Waals surface area contributed by atoms with Crippen molar-refractivity contribution in [1.82, 2.24) is 4.57 Å². The van der Waals surface area contributed by atoms with Crippen LogP contribution < -0.4 is 4.90 Å². The molecule has 1 saturated heterocycles. The maximum atomic E-state index is 13.3. The summed E-state index contributed by atoms with van der Waals surface area (Å²) in [7, 11) is 0. The number of rotatable bonds is 5. The Bertz CT molecular complexity index is 1460. The number of thioether (sulfide) groups is 1. The van der Waals surface area contributed by atoms with E-state index in [0.29, 0.717) is 25.8 Å². The summed E-state index contributed by atoms with van der Waals surface area (Å²) in [5.74, 6) is -0.102. The van der Waals surface area contributed by atoms with Gasteiger partial charge in [0, 0.05) is 33.7 Å². The second-order valence-electron chi connectivity index (χ2n) is 7.97. The standard InChI is InChI=1S/C27H20Cl2N2OS2/c1-2-17-7-6-10-22-19(16-30(25(17)22)15-18-11-12-20(28)14-23(18)29)13-24-26(32)31(27(33)34-24)21-8-4-3-5-9-21/h3-14,16H,2,15H2,1H3/b24-13-. The van der Waals surface area contributed by atoms with Crippen molar-refractivity contribution in [2.75, 3.05) is 4.90 Å². The lowest BCUT2D eigenvalue weighted by Gasteiger charge is -2.13. The zero-order valence-electron chi connectivity index (χ0n) is 18.3. The van der Waals surface area contributed by atoms with Crippen molar-refractivity contribution in [3.05, 3.63) is 105 Å². The Hall–Kier alpha value is -2.57. The van der Waals surface area contributed by atoms with Crippen LogP contribution in [0.25, 0.3) is 17.0 Å². The minimum Gasteiger partial charge on any atom is -0.342 e. The molecule has 0 spiro atoms. The van der Waals surface area contributed by atoms with Crippen molar-refractivity contribution in [2.24, 2.45) is 0 Å². The lowest BCUT2D eigenvalue weighted by molar-refractivity contribution is -0.113. The smallest absolute Gasteiger partial charge is 0.270 e. The maximum Gasteiger partial charge on any atom is 0.270 e. The first-order chi connectivity index (χ1) is 16.5. The Morgan fingerprint density at radius 3 is 2.53 bits per heavy atom. The quantitative estimate of drug-likeness (QED) is 0.196. The summed E-state index contributed by atoms with van der Waals surface area (Å²) in [5.41, 5.74) is 5.11. The van der Waals surface area contributed by atoms with Crippen LogP contribution in [0.3, 0.4) is 0 Å². The molecule has 3 aromatic carbocycles. The Morgan fingerprint density at radius 2 is 1.79 bits per heavy atom. The molecule has 170 valence electrons. The van der Waals surface area contributed by atoms with Crippen LogP contribution in [-0.4, -0.2) is 14.8 Å². The number of anilines is 1. The van der Waals surface area contributed by atoms with Crippen molar-refractivity contribution in [1.29, 1.82) is 0 Å². The SMILES string of the molecule is CCc1cccc2c(/C=C3\SC(=S)N(c4ccccc4)C3=O)cn(Cc3ccc(Cl)cc3Cl)c12. The van der Waals surface area contributed by atoms with E-state index in [1.807, 2.05) is 48.5 Å². The molecule has 2 heterocycles. The first kappa shape index (κ1) is 23.2. The van der Waals surface area contributed by atoms with E-state index >= 15 is 0 Å². The van der Waals surface area contributed by atoms with E-state index in [1.54, 1.807) is 11.0 Å². The number of hydrogen-bond donors (Lipinski definition) is 0. The van der Waals surface area contributed by atoms with Crippen molar-refractivity contribution in [2.45, 2.75) is 19.9 Å². The number of fused-ring (bicyclic) bond motifs is 1. The number of aromatic nitrogens is 1. The normalized spacial score (nSPS) is 15.1. The van der Waals surface area contributed by atoms with Gasteiger partial charge in [0.1, 0.15) is 0 Å². The molecule has 5 rings (SSSR count). The predicted molar refractivity (Wildman–Crippen MR) is 149 cm³/mol. The van der Waals surface area contributed by atoms with Crippen LogP contribution >= 0.6 is 47.2 Å². The number of thiocarbonyl (C=S) groups is 1. The molecule has 34 heavy (non-hydrogen) atoms. The Kier molecular flexibility index (Phi) is 6.54. The maximum absolute atomic E-state index is 13.3. The van der Waals surface area contributed by atoms with E-state index in [-0.39, 0.29) is 5.91 Å². The summed E-state index contributed by atoms with van der Waals surface area (Å²) in [6.45, 7) is 2.74. The van der Waals surface area contributed by atoms with Crippen LogP contribution in [0, 0.1) is 0 Å². The van der Waals surface area contributed by atoms with Gasteiger partial charge in [0.2, 0.25) is 0 Å². The first-order valence-corrected chi connectivity index (χ1v) is 12.8. The lowest BCUT2D eigenvalue weighted by Crippen LogP contribution is -2.27. The minimum atomic E-state index is -0.102. The molecule has 3 nitrogen and oxygen atoms in total. The number of carbonyl (C=O) groups is 1. The van der Waals surface area contributed by atoms with E-state index in [2.05, 4.69) is 35.9 Å². The van der Waals surface area contributed by atoms with E-state index < -0.39 is 0 Å². The highest BCUT2D eigenvalue weighted by Crippen LogP contribution is 2.38. The third-order valence-electron chi connectivity index (χ3n) is 5.84. The largest absolute Gasteiger partial charge is 0.342 e. The number of amides is 1. The number of nitrogens with zero attached hydrogens (tertiary/aromatic N) is 2. The summed E-state index contributed by atoms with van der Waals surface area (Å²) < 4.78 is 2.74. The summed E-state index contributed by atoms with van der Waals surface area (Å²) in [6, 6.07) is 21.4. The number of carbonyl (C=O) groups excluding carboxylic acids is 1. The lowest BCUT2D eigenvalue weighted by atomic mass is 10.1. The first-order valence-electron chi connectivity index (χ1n) is 10.8. The van der Waals surface area contributed by atoms with Crippen molar-refractivity contribution >= 4 is 80.1 Å². The third-order valence-corrected chi connectivity index (χ3v) is 7.73. The summed E-state index contributed by atoms with van der Waals surface area (Å²) in [6.07, 6.45) is 4.93. The monoisotopic (exact) mass is 522 g/mol. The topological polar surface area (TPSA) is 25.2 Å². The van der Waals surface area contributed by atoms with Gasteiger partial charge >= 0.3 is 0 Å². The number of hydrogen-bond acceptors (Lipinski definition) is 3.